The van der Waals surface area contributed by atoms with Crippen LogP contribution in [0.4, 0.5) is 34.1 Å². The van der Waals surface area contributed by atoms with Gasteiger partial charge in [-0.2, -0.15) is 0 Å². The fourth-order valence-electron chi connectivity index (χ4n) is 9.96. The summed E-state index contributed by atoms with van der Waals surface area (Å²) in [6.45, 7) is 9.22. The van der Waals surface area contributed by atoms with E-state index >= 15 is 0 Å². The standard InChI is InChI=1S/C59H49BN2Si/c1-40-35-56-58-57(36-40)62(53-33-28-46(59(2,3)4)38-50(53)44-21-13-7-14-22-44)55-34-31-49(63-48-23-15-8-16-24-48)39-52(55)60(58)51-37-45(42-19-11-6-12-20-42)27-32-54(51)61(56)47-29-25-43(26-30-47)41-17-9-5-10-18-41/h5-39H,63H2,1-4H3. The molecular weight excluding hydrogens is 776 g/mol. The van der Waals surface area contributed by atoms with Crippen molar-refractivity contribution < 1.29 is 0 Å². The van der Waals surface area contributed by atoms with E-state index < -0.39 is 9.52 Å². The van der Waals surface area contributed by atoms with Crippen molar-refractivity contribution in [3.63, 3.8) is 0 Å². The first-order valence-corrected chi connectivity index (χ1v) is 23.7. The van der Waals surface area contributed by atoms with Crippen LogP contribution in [-0.2, 0) is 5.41 Å². The lowest BCUT2D eigenvalue weighted by Crippen LogP contribution is -2.62. The highest BCUT2D eigenvalue weighted by Crippen LogP contribution is 2.48. The van der Waals surface area contributed by atoms with E-state index in [0.29, 0.717) is 0 Å². The molecule has 0 unspecified atom stereocenters. The minimum absolute atomic E-state index is 0.0108. The van der Waals surface area contributed by atoms with Crippen LogP contribution in [0, 0.1) is 6.92 Å². The second-order valence-corrected chi connectivity index (χ2v) is 20.3. The van der Waals surface area contributed by atoms with Gasteiger partial charge < -0.3 is 9.80 Å². The van der Waals surface area contributed by atoms with Crippen LogP contribution in [-0.4, -0.2) is 16.2 Å². The predicted octanol–water partition coefficient (Wildman–Crippen LogP) is 11.5. The average molecular weight is 825 g/mol. The third-order valence-electron chi connectivity index (χ3n) is 13.1. The third-order valence-corrected chi connectivity index (χ3v) is 14.8. The van der Waals surface area contributed by atoms with Crippen molar-refractivity contribution in [2.75, 3.05) is 9.80 Å². The molecule has 0 fully saturated rings. The lowest BCUT2D eigenvalue weighted by molar-refractivity contribution is 0.590. The SMILES string of the molecule is Cc1cc2c3c(c1)N(c1ccc(C(C)(C)C)cc1-c1ccccc1)c1ccc([SiH2]c4ccccc4)cc1B3c1cc(-c3ccccc3)ccc1N2c1ccc(-c2ccccc2)cc1. The molecule has 2 heterocycles. The van der Waals surface area contributed by atoms with E-state index in [1.54, 1.807) is 0 Å². The molecule has 0 aromatic heterocycles. The predicted molar refractivity (Wildman–Crippen MR) is 274 cm³/mol. The second kappa shape index (κ2) is 15.6. The van der Waals surface area contributed by atoms with Gasteiger partial charge in [0.05, 0.1) is 15.2 Å². The molecule has 9 aromatic rings. The number of anilines is 6. The molecule has 9 aromatic carbocycles. The smallest absolute Gasteiger partial charge is 0.252 e. The molecule has 0 saturated heterocycles. The maximum absolute atomic E-state index is 2.60. The highest BCUT2D eigenvalue weighted by atomic mass is 28.2. The van der Waals surface area contributed by atoms with Crippen LogP contribution < -0.4 is 36.6 Å². The van der Waals surface area contributed by atoms with Crippen molar-refractivity contribution in [2.45, 2.75) is 33.1 Å². The molecule has 0 bridgehead atoms. The van der Waals surface area contributed by atoms with Gasteiger partial charge in [0.25, 0.3) is 6.71 Å². The zero-order valence-electron chi connectivity index (χ0n) is 36.4. The average Bonchev–Trinajstić information content (AvgIpc) is 3.32. The number of nitrogens with zero attached hydrogens (tertiary/aromatic N) is 2. The number of hydrogen-bond donors (Lipinski definition) is 0. The summed E-state index contributed by atoms with van der Waals surface area (Å²) in [5.41, 5.74) is 21.2. The number of aryl methyl sites for hydroxylation is 1. The summed E-state index contributed by atoms with van der Waals surface area (Å²) in [6, 6.07) is 79.5. The molecule has 0 atom stereocenters. The molecule has 2 aliphatic heterocycles. The normalized spacial score (nSPS) is 12.9. The fraction of sp³-hybridized carbons (Fsp3) is 0.0847. The van der Waals surface area contributed by atoms with Gasteiger partial charge in [0, 0.05) is 34.0 Å². The topological polar surface area (TPSA) is 6.48 Å². The van der Waals surface area contributed by atoms with Crippen LogP contribution in [0.1, 0.15) is 31.9 Å². The molecule has 2 nitrogen and oxygen atoms in total. The van der Waals surface area contributed by atoms with E-state index in [1.807, 2.05) is 0 Å². The van der Waals surface area contributed by atoms with E-state index in [4.69, 9.17) is 0 Å². The van der Waals surface area contributed by atoms with Gasteiger partial charge in [0.1, 0.15) is 0 Å². The van der Waals surface area contributed by atoms with Crippen LogP contribution >= 0.6 is 0 Å². The van der Waals surface area contributed by atoms with Gasteiger partial charge in [-0.05, 0) is 116 Å². The Labute approximate surface area is 375 Å². The van der Waals surface area contributed by atoms with Crippen molar-refractivity contribution in [3.05, 3.63) is 223 Å². The Hall–Kier alpha value is -7.14. The Morgan fingerprint density at radius 2 is 0.905 bits per heavy atom. The van der Waals surface area contributed by atoms with E-state index in [0.717, 1.165) is 5.69 Å². The maximum atomic E-state index is 2.60. The summed E-state index contributed by atoms with van der Waals surface area (Å²) in [5.74, 6) is 0. The summed E-state index contributed by atoms with van der Waals surface area (Å²) in [4.78, 5) is 5.14. The summed E-state index contributed by atoms with van der Waals surface area (Å²) in [7, 11) is -0.751. The molecule has 0 N–H and O–H groups in total. The van der Waals surface area contributed by atoms with Crippen molar-refractivity contribution >= 4 is 77.1 Å². The molecular formula is C59H49BN2Si. The van der Waals surface area contributed by atoms with Gasteiger partial charge in [0.2, 0.25) is 0 Å². The Bertz CT molecular complexity index is 3120. The monoisotopic (exact) mass is 824 g/mol. The molecule has 0 spiro atoms. The van der Waals surface area contributed by atoms with Gasteiger partial charge in [-0.15, -0.1) is 0 Å². The molecule has 302 valence electrons. The van der Waals surface area contributed by atoms with E-state index in [1.165, 1.54) is 99.7 Å². The maximum Gasteiger partial charge on any atom is 0.252 e. The van der Waals surface area contributed by atoms with E-state index in [2.05, 4.69) is 250 Å². The largest absolute Gasteiger partial charge is 0.311 e. The minimum atomic E-state index is -0.751. The minimum Gasteiger partial charge on any atom is -0.311 e. The molecule has 11 rings (SSSR count). The van der Waals surface area contributed by atoms with Gasteiger partial charge in [-0.1, -0.05) is 195 Å². The Morgan fingerprint density at radius 3 is 1.56 bits per heavy atom. The van der Waals surface area contributed by atoms with Crippen molar-refractivity contribution in [3.8, 4) is 33.4 Å². The highest BCUT2D eigenvalue weighted by Gasteiger charge is 2.44. The van der Waals surface area contributed by atoms with Crippen LogP contribution in [0.3, 0.4) is 0 Å². The van der Waals surface area contributed by atoms with Gasteiger partial charge in [-0.3, -0.25) is 0 Å². The van der Waals surface area contributed by atoms with Crippen LogP contribution in [0.5, 0.6) is 0 Å². The Balaban J connectivity index is 1.20. The first-order valence-electron chi connectivity index (χ1n) is 22.2. The molecule has 0 radical (unpaired) electrons. The number of hydrogen-bond acceptors (Lipinski definition) is 2. The zero-order chi connectivity index (χ0) is 42.7. The first kappa shape index (κ1) is 38.8. The zero-order valence-corrected chi connectivity index (χ0v) is 37.8. The molecule has 0 aliphatic carbocycles. The van der Waals surface area contributed by atoms with Gasteiger partial charge in [-0.25, -0.2) is 0 Å². The van der Waals surface area contributed by atoms with Gasteiger partial charge in [0.15, 0.2) is 0 Å². The second-order valence-electron chi connectivity index (χ2n) is 18.3. The van der Waals surface area contributed by atoms with Crippen LogP contribution in [0.15, 0.2) is 212 Å². The summed E-state index contributed by atoms with van der Waals surface area (Å²) in [5, 5.41) is 2.90. The molecule has 0 saturated carbocycles. The van der Waals surface area contributed by atoms with E-state index in [-0.39, 0.29) is 12.1 Å². The number of benzene rings is 9. The third kappa shape index (κ3) is 7.01. The summed E-state index contributed by atoms with van der Waals surface area (Å²) in [6.07, 6.45) is 0. The first-order chi connectivity index (χ1) is 30.8. The van der Waals surface area contributed by atoms with Crippen molar-refractivity contribution in [2.24, 2.45) is 0 Å². The molecule has 4 heteroatoms. The summed E-state index contributed by atoms with van der Waals surface area (Å²) < 4.78 is 0. The quantitative estimate of drug-likeness (QED) is 0.148. The van der Waals surface area contributed by atoms with Crippen LogP contribution in [0.25, 0.3) is 33.4 Å². The lowest BCUT2D eigenvalue weighted by Gasteiger charge is -2.45. The highest BCUT2D eigenvalue weighted by molar-refractivity contribution is 7.00. The van der Waals surface area contributed by atoms with Crippen molar-refractivity contribution in [1.82, 2.24) is 0 Å². The van der Waals surface area contributed by atoms with Gasteiger partial charge >= 0.3 is 0 Å². The summed E-state index contributed by atoms with van der Waals surface area (Å²) >= 11 is 0. The molecule has 0 amide bonds. The fourth-order valence-corrected chi connectivity index (χ4v) is 11.5. The number of rotatable bonds is 7. The van der Waals surface area contributed by atoms with Crippen LogP contribution in [0.2, 0.25) is 0 Å². The molecule has 63 heavy (non-hydrogen) atoms. The molecule has 2 aliphatic rings. The lowest BCUT2D eigenvalue weighted by atomic mass is 9.33. The Kier molecular flexibility index (Phi) is 9.63. The van der Waals surface area contributed by atoms with Crippen molar-refractivity contribution in [1.29, 1.82) is 0 Å². The van der Waals surface area contributed by atoms with E-state index in [9.17, 15) is 0 Å². The number of fused-ring (bicyclic) bond motifs is 4. The Morgan fingerprint density at radius 1 is 0.397 bits per heavy atom.